The van der Waals surface area contributed by atoms with Crippen molar-refractivity contribution in [3.8, 4) is 0 Å². The largest absolute Gasteiger partial charge is 0.465 e. The van der Waals surface area contributed by atoms with Crippen molar-refractivity contribution in [1.82, 2.24) is 4.90 Å². The number of carbonyl (C=O) groups excluding carboxylic acids is 1. The maximum Gasteiger partial charge on any atom is 0.320 e. The first-order chi connectivity index (χ1) is 14.0. The highest BCUT2D eigenvalue weighted by molar-refractivity contribution is 5.71. The van der Waals surface area contributed by atoms with Crippen LogP contribution in [0, 0.1) is 10.1 Å². The number of piperazine rings is 1. The minimum Gasteiger partial charge on any atom is -0.465 e. The van der Waals surface area contributed by atoms with Gasteiger partial charge in [0, 0.05) is 44.0 Å². The summed E-state index contributed by atoms with van der Waals surface area (Å²) >= 11 is 0. The molecule has 3 rings (SSSR count). The van der Waals surface area contributed by atoms with E-state index in [1.165, 1.54) is 12.1 Å². The molecule has 152 valence electrons. The number of nitro benzene ring substituents is 1. The Kier molecular flexibility index (Phi) is 6.85. The lowest BCUT2D eigenvalue weighted by Gasteiger charge is -2.35. The molecule has 0 atom stereocenters. The Morgan fingerprint density at radius 1 is 1.00 bits per heavy atom. The van der Waals surface area contributed by atoms with E-state index in [4.69, 9.17) is 4.74 Å². The van der Waals surface area contributed by atoms with Crippen molar-refractivity contribution in [2.24, 2.45) is 10.2 Å². The maximum atomic E-state index is 11.6. The Morgan fingerprint density at radius 2 is 1.55 bits per heavy atom. The van der Waals surface area contributed by atoms with Gasteiger partial charge in [0.25, 0.3) is 5.69 Å². The van der Waals surface area contributed by atoms with Crippen molar-refractivity contribution in [3.05, 3.63) is 58.6 Å². The Morgan fingerprint density at radius 3 is 2.07 bits per heavy atom. The van der Waals surface area contributed by atoms with E-state index in [2.05, 4.69) is 20.0 Å². The normalized spacial score (nSPS) is 14.9. The summed E-state index contributed by atoms with van der Waals surface area (Å²) in [6.45, 7) is 5.84. The predicted octanol–water partition coefficient (Wildman–Crippen LogP) is 3.70. The third kappa shape index (κ3) is 5.82. The summed E-state index contributed by atoms with van der Waals surface area (Å²) in [7, 11) is 0. The Bertz CT molecular complexity index is 859. The average Bonchev–Trinajstić information content (AvgIpc) is 2.74. The number of esters is 1. The topological polar surface area (TPSA) is 101 Å². The highest BCUT2D eigenvalue weighted by Crippen LogP contribution is 2.24. The first-order valence-electron chi connectivity index (χ1n) is 9.44. The zero-order chi connectivity index (χ0) is 20.6. The van der Waals surface area contributed by atoms with Crippen molar-refractivity contribution in [2.75, 3.05) is 44.2 Å². The molecule has 1 fully saturated rings. The molecule has 9 nitrogen and oxygen atoms in total. The number of carbonyl (C=O) groups is 1. The number of hydrogen-bond donors (Lipinski definition) is 0. The van der Waals surface area contributed by atoms with E-state index < -0.39 is 4.92 Å². The number of benzene rings is 2. The van der Waals surface area contributed by atoms with E-state index in [1.807, 2.05) is 31.2 Å². The predicted molar refractivity (Wildman–Crippen MR) is 109 cm³/mol. The molecule has 1 aliphatic rings. The van der Waals surface area contributed by atoms with Gasteiger partial charge >= 0.3 is 5.97 Å². The van der Waals surface area contributed by atoms with Gasteiger partial charge in [-0.1, -0.05) is 0 Å². The van der Waals surface area contributed by atoms with E-state index in [9.17, 15) is 14.9 Å². The molecular formula is C20H23N5O4. The highest BCUT2D eigenvalue weighted by Gasteiger charge is 2.19. The number of azo groups is 1. The van der Waals surface area contributed by atoms with E-state index in [1.54, 1.807) is 12.1 Å². The van der Waals surface area contributed by atoms with Crippen LogP contribution in [0.2, 0.25) is 0 Å². The molecule has 29 heavy (non-hydrogen) atoms. The fourth-order valence-electron chi connectivity index (χ4n) is 3.04. The monoisotopic (exact) mass is 397 g/mol. The van der Waals surface area contributed by atoms with Gasteiger partial charge < -0.3 is 9.64 Å². The van der Waals surface area contributed by atoms with Gasteiger partial charge in [-0.15, -0.1) is 0 Å². The van der Waals surface area contributed by atoms with Crippen LogP contribution in [0.4, 0.5) is 22.7 Å². The minimum absolute atomic E-state index is 0.0238. The van der Waals surface area contributed by atoms with Crippen molar-refractivity contribution in [2.45, 2.75) is 6.92 Å². The van der Waals surface area contributed by atoms with E-state index in [0.717, 1.165) is 31.9 Å². The van der Waals surface area contributed by atoms with Crippen molar-refractivity contribution < 1.29 is 14.5 Å². The lowest BCUT2D eigenvalue weighted by Crippen LogP contribution is -2.48. The van der Waals surface area contributed by atoms with E-state index in [0.29, 0.717) is 24.5 Å². The van der Waals surface area contributed by atoms with Crippen LogP contribution >= 0.6 is 0 Å². The van der Waals surface area contributed by atoms with Gasteiger partial charge in [0.05, 0.1) is 29.4 Å². The summed E-state index contributed by atoms with van der Waals surface area (Å²) in [6, 6.07) is 13.7. The number of hydrogen-bond acceptors (Lipinski definition) is 8. The Balaban J connectivity index is 1.52. The second kappa shape index (κ2) is 9.74. The number of nitrogens with zero attached hydrogens (tertiary/aromatic N) is 5. The molecule has 2 aromatic carbocycles. The Hall–Kier alpha value is -3.33. The van der Waals surface area contributed by atoms with Crippen molar-refractivity contribution >= 4 is 28.7 Å². The zero-order valence-corrected chi connectivity index (χ0v) is 16.2. The number of non-ortho nitro benzene ring substituents is 1. The molecule has 0 spiro atoms. The van der Waals surface area contributed by atoms with Crippen LogP contribution in [0.1, 0.15) is 6.92 Å². The average molecular weight is 397 g/mol. The van der Waals surface area contributed by atoms with Crippen LogP contribution in [0.3, 0.4) is 0 Å². The van der Waals surface area contributed by atoms with Crippen LogP contribution in [-0.2, 0) is 9.53 Å². The fraction of sp³-hybridized carbons (Fsp3) is 0.350. The van der Waals surface area contributed by atoms with Gasteiger partial charge in [0.2, 0.25) is 0 Å². The molecular weight excluding hydrogens is 374 g/mol. The standard InChI is InChI=1S/C20H23N5O4/c1-2-29-20(26)15-23-11-13-24(14-12-23)18-7-3-16(4-8-18)21-22-17-5-9-19(10-6-17)25(27)28/h3-10H,2,11-15H2,1H3. The molecule has 0 bridgehead atoms. The third-order valence-corrected chi connectivity index (χ3v) is 4.59. The molecule has 0 unspecified atom stereocenters. The summed E-state index contributed by atoms with van der Waals surface area (Å²) in [5, 5.41) is 19.0. The SMILES string of the molecule is CCOC(=O)CN1CCN(c2ccc(N=Nc3ccc([N+](=O)[O-])cc3)cc2)CC1. The van der Waals surface area contributed by atoms with Crippen LogP contribution in [0.25, 0.3) is 0 Å². The highest BCUT2D eigenvalue weighted by atomic mass is 16.6. The smallest absolute Gasteiger partial charge is 0.320 e. The number of rotatable bonds is 7. The van der Waals surface area contributed by atoms with Gasteiger partial charge in [0.15, 0.2) is 0 Å². The summed E-state index contributed by atoms with van der Waals surface area (Å²) in [6.07, 6.45) is 0. The quantitative estimate of drug-likeness (QED) is 0.306. The molecule has 9 heteroatoms. The molecule has 0 N–H and O–H groups in total. The van der Waals surface area contributed by atoms with E-state index in [-0.39, 0.29) is 11.7 Å². The molecule has 0 radical (unpaired) electrons. The number of anilines is 1. The first-order valence-corrected chi connectivity index (χ1v) is 9.44. The van der Waals surface area contributed by atoms with Gasteiger partial charge in [-0.3, -0.25) is 19.8 Å². The van der Waals surface area contributed by atoms with Gasteiger partial charge in [-0.25, -0.2) is 0 Å². The van der Waals surface area contributed by atoms with Gasteiger partial charge in [-0.2, -0.15) is 10.2 Å². The summed E-state index contributed by atoms with van der Waals surface area (Å²) < 4.78 is 5.00. The maximum absolute atomic E-state index is 11.6. The van der Waals surface area contributed by atoms with Crippen molar-refractivity contribution in [1.29, 1.82) is 0 Å². The zero-order valence-electron chi connectivity index (χ0n) is 16.2. The molecule has 2 aromatic rings. The Labute approximate surface area is 168 Å². The molecule has 0 amide bonds. The van der Waals surface area contributed by atoms with Gasteiger partial charge in [0.1, 0.15) is 0 Å². The summed E-state index contributed by atoms with van der Waals surface area (Å²) in [5.74, 6) is -0.177. The molecule has 1 aliphatic heterocycles. The number of nitro groups is 1. The second-order valence-corrected chi connectivity index (χ2v) is 6.56. The van der Waals surface area contributed by atoms with Crippen LogP contribution in [-0.4, -0.2) is 55.1 Å². The summed E-state index contributed by atoms with van der Waals surface area (Å²) in [4.78, 5) is 26.2. The molecule has 1 saturated heterocycles. The van der Waals surface area contributed by atoms with Gasteiger partial charge in [-0.05, 0) is 43.3 Å². The van der Waals surface area contributed by atoms with E-state index >= 15 is 0 Å². The first kappa shape index (κ1) is 20.4. The number of ether oxygens (including phenoxy) is 1. The molecule has 0 aromatic heterocycles. The van der Waals surface area contributed by atoms with Crippen LogP contribution in [0.5, 0.6) is 0 Å². The lowest BCUT2D eigenvalue weighted by atomic mass is 10.2. The molecule has 1 heterocycles. The second-order valence-electron chi connectivity index (χ2n) is 6.56. The fourth-order valence-corrected chi connectivity index (χ4v) is 3.04. The lowest BCUT2D eigenvalue weighted by molar-refractivity contribution is -0.384. The molecule has 0 saturated carbocycles. The summed E-state index contributed by atoms with van der Waals surface area (Å²) in [5.41, 5.74) is 2.37. The van der Waals surface area contributed by atoms with Crippen molar-refractivity contribution in [3.63, 3.8) is 0 Å². The minimum atomic E-state index is -0.448. The van der Waals surface area contributed by atoms with Crippen LogP contribution in [0.15, 0.2) is 58.8 Å². The molecule has 0 aliphatic carbocycles. The third-order valence-electron chi connectivity index (χ3n) is 4.59. The van der Waals surface area contributed by atoms with Crippen LogP contribution < -0.4 is 4.90 Å².